The summed E-state index contributed by atoms with van der Waals surface area (Å²) < 4.78 is 0. The van der Waals surface area contributed by atoms with Gasteiger partial charge in [-0.05, 0) is 24.2 Å². The Bertz CT molecular complexity index is 246. The second kappa shape index (κ2) is 5.85. The minimum absolute atomic E-state index is 0.0266. The minimum Gasteiger partial charge on any atom is -0.392 e. The van der Waals surface area contributed by atoms with E-state index in [4.69, 9.17) is 0 Å². The highest BCUT2D eigenvalue weighted by molar-refractivity contribution is 5.79. The smallest absolute Gasteiger partial charge is 0.223 e. The van der Waals surface area contributed by atoms with Crippen molar-refractivity contribution in [3.05, 3.63) is 0 Å². The second-order valence-electron chi connectivity index (χ2n) is 7.28. The van der Waals surface area contributed by atoms with Crippen molar-refractivity contribution in [2.24, 2.45) is 16.7 Å². The number of rotatable bonds is 4. The SMILES string of the molecule is CC(O)CNC(=O)C(CC(C)(C)C)C(C)(C)C. The van der Waals surface area contributed by atoms with Gasteiger partial charge in [0, 0.05) is 12.5 Å². The molecule has 0 radical (unpaired) electrons. The topological polar surface area (TPSA) is 49.3 Å². The summed E-state index contributed by atoms with van der Waals surface area (Å²) in [7, 11) is 0. The second-order valence-corrected chi connectivity index (χ2v) is 7.28. The van der Waals surface area contributed by atoms with Crippen LogP contribution in [0.3, 0.4) is 0 Å². The first-order chi connectivity index (χ1) is 7.43. The maximum Gasteiger partial charge on any atom is 0.223 e. The zero-order valence-corrected chi connectivity index (χ0v) is 12.4. The third kappa shape index (κ3) is 7.37. The van der Waals surface area contributed by atoms with Crippen molar-refractivity contribution < 1.29 is 9.90 Å². The van der Waals surface area contributed by atoms with Crippen LogP contribution in [0.15, 0.2) is 0 Å². The molecule has 2 N–H and O–H groups in total. The van der Waals surface area contributed by atoms with Crippen LogP contribution in [0, 0.1) is 16.7 Å². The average molecular weight is 243 g/mol. The molecule has 0 saturated heterocycles. The molecule has 0 aromatic heterocycles. The number of hydrogen-bond donors (Lipinski definition) is 2. The summed E-state index contributed by atoms with van der Waals surface area (Å²) in [5, 5.41) is 12.0. The first-order valence-corrected chi connectivity index (χ1v) is 6.39. The average Bonchev–Trinajstić information content (AvgIpc) is 2.07. The minimum atomic E-state index is -0.491. The standard InChI is InChI=1S/C14H29NO2/c1-10(16)9-15-12(17)11(14(5,6)7)8-13(2,3)4/h10-11,16H,8-9H2,1-7H3,(H,15,17). The van der Waals surface area contributed by atoms with E-state index in [0.29, 0.717) is 6.54 Å². The summed E-state index contributed by atoms with van der Waals surface area (Å²) in [6.07, 6.45) is 0.358. The van der Waals surface area contributed by atoms with Crippen LogP contribution in [-0.4, -0.2) is 23.7 Å². The van der Waals surface area contributed by atoms with Gasteiger partial charge in [-0.2, -0.15) is 0 Å². The van der Waals surface area contributed by atoms with Crippen LogP contribution in [0.1, 0.15) is 54.9 Å². The highest BCUT2D eigenvalue weighted by atomic mass is 16.3. The van der Waals surface area contributed by atoms with E-state index in [2.05, 4.69) is 46.9 Å². The summed E-state index contributed by atoms with van der Waals surface area (Å²) >= 11 is 0. The molecule has 0 aliphatic carbocycles. The first-order valence-electron chi connectivity index (χ1n) is 6.39. The van der Waals surface area contributed by atoms with Gasteiger partial charge in [0.15, 0.2) is 0 Å². The van der Waals surface area contributed by atoms with E-state index in [9.17, 15) is 9.90 Å². The Morgan fingerprint density at radius 1 is 1.18 bits per heavy atom. The molecule has 2 unspecified atom stereocenters. The molecule has 3 heteroatoms. The molecule has 3 nitrogen and oxygen atoms in total. The summed E-state index contributed by atoms with van der Waals surface area (Å²) in [4.78, 5) is 12.1. The fraction of sp³-hybridized carbons (Fsp3) is 0.929. The molecular formula is C14H29NO2. The first kappa shape index (κ1) is 16.4. The van der Waals surface area contributed by atoms with Crippen molar-refractivity contribution in [1.29, 1.82) is 0 Å². The van der Waals surface area contributed by atoms with E-state index in [1.807, 2.05) is 0 Å². The summed E-state index contributed by atoms with van der Waals surface area (Å²) in [5.41, 5.74) is 0.0656. The number of carbonyl (C=O) groups is 1. The number of aliphatic hydroxyl groups excluding tert-OH is 1. The van der Waals surface area contributed by atoms with Crippen LogP contribution < -0.4 is 5.32 Å². The predicted molar refractivity (Wildman–Crippen MR) is 71.7 cm³/mol. The van der Waals surface area contributed by atoms with Crippen molar-refractivity contribution in [2.45, 2.75) is 61.0 Å². The lowest BCUT2D eigenvalue weighted by atomic mass is 9.71. The summed E-state index contributed by atoms with van der Waals surface area (Å²) in [5.74, 6) is 0.0228. The number of carbonyl (C=O) groups excluding carboxylic acids is 1. The molecule has 0 aromatic rings. The van der Waals surface area contributed by atoms with Crippen molar-refractivity contribution in [3.8, 4) is 0 Å². The number of hydrogen-bond acceptors (Lipinski definition) is 2. The molecule has 17 heavy (non-hydrogen) atoms. The lowest BCUT2D eigenvalue weighted by molar-refractivity contribution is -0.130. The molecule has 0 aliphatic heterocycles. The maximum atomic E-state index is 12.1. The molecule has 0 spiro atoms. The van der Waals surface area contributed by atoms with E-state index in [1.54, 1.807) is 6.92 Å². The third-order valence-corrected chi connectivity index (χ3v) is 2.75. The molecular weight excluding hydrogens is 214 g/mol. The van der Waals surface area contributed by atoms with Gasteiger partial charge in [0.05, 0.1) is 6.10 Å². The van der Waals surface area contributed by atoms with E-state index in [-0.39, 0.29) is 22.7 Å². The van der Waals surface area contributed by atoms with Gasteiger partial charge in [-0.25, -0.2) is 0 Å². The van der Waals surface area contributed by atoms with E-state index < -0.39 is 6.10 Å². The van der Waals surface area contributed by atoms with E-state index in [1.165, 1.54) is 0 Å². The van der Waals surface area contributed by atoms with Gasteiger partial charge in [-0.3, -0.25) is 4.79 Å². The van der Waals surface area contributed by atoms with Gasteiger partial charge >= 0.3 is 0 Å². The fourth-order valence-electron chi connectivity index (χ4n) is 1.78. The number of aliphatic hydroxyl groups is 1. The van der Waals surface area contributed by atoms with Crippen molar-refractivity contribution in [2.75, 3.05) is 6.54 Å². The monoisotopic (exact) mass is 243 g/mol. The lowest BCUT2D eigenvalue weighted by Crippen LogP contribution is -2.42. The number of nitrogens with one attached hydrogen (secondary N) is 1. The zero-order valence-electron chi connectivity index (χ0n) is 12.4. The largest absolute Gasteiger partial charge is 0.392 e. The van der Waals surface area contributed by atoms with Crippen LogP contribution >= 0.6 is 0 Å². The highest BCUT2D eigenvalue weighted by Gasteiger charge is 2.34. The van der Waals surface area contributed by atoms with Crippen LogP contribution in [0.25, 0.3) is 0 Å². The Balaban J connectivity index is 4.65. The lowest BCUT2D eigenvalue weighted by Gasteiger charge is -2.34. The van der Waals surface area contributed by atoms with Crippen molar-refractivity contribution in [3.63, 3.8) is 0 Å². The molecule has 0 heterocycles. The number of amides is 1. The zero-order chi connectivity index (χ0) is 13.9. The molecule has 0 aromatic carbocycles. The molecule has 0 aliphatic rings. The molecule has 0 fully saturated rings. The van der Waals surface area contributed by atoms with E-state index >= 15 is 0 Å². The van der Waals surface area contributed by atoms with Gasteiger partial charge in [0.1, 0.15) is 0 Å². The Labute approximate surface area is 106 Å². The summed E-state index contributed by atoms with van der Waals surface area (Å²) in [6.45, 7) is 14.7. The van der Waals surface area contributed by atoms with Gasteiger partial charge in [0.25, 0.3) is 0 Å². The molecule has 1 amide bonds. The highest BCUT2D eigenvalue weighted by Crippen LogP contribution is 2.36. The van der Waals surface area contributed by atoms with Crippen LogP contribution in [-0.2, 0) is 4.79 Å². The Morgan fingerprint density at radius 3 is 1.94 bits per heavy atom. The van der Waals surface area contributed by atoms with Crippen LogP contribution in [0.5, 0.6) is 0 Å². The Kier molecular flexibility index (Phi) is 5.66. The predicted octanol–water partition coefficient (Wildman–Crippen LogP) is 2.58. The van der Waals surface area contributed by atoms with E-state index in [0.717, 1.165) is 6.42 Å². The molecule has 2 atom stereocenters. The Morgan fingerprint density at radius 2 is 1.65 bits per heavy atom. The molecule has 0 saturated carbocycles. The quantitative estimate of drug-likeness (QED) is 0.797. The maximum absolute atomic E-state index is 12.1. The van der Waals surface area contributed by atoms with Gasteiger partial charge in [0.2, 0.25) is 5.91 Å². The third-order valence-electron chi connectivity index (χ3n) is 2.75. The van der Waals surface area contributed by atoms with Gasteiger partial charge in [-0.15, -0.1) is 0 Å². The van der Waals surface area contributed by atoms with Gasteiger partial charge < -0.3 is 10.4 Å². The van der Waals surface area contributed by atoms with Crippen molar-refractivity contribution >= 4 is 5.91 Å². The Hall–Kier alpha value is -0.570. The summed E-state index contributed by atoms with van der Waals surface area (Å²) in [6, 6.07) is 0. The molecule has 102 valence electrons. The fourth-order valence-corrected chi connectivity index (χ4v) is 1.78. The molecule has 0 rings (SSSR count). The normalized spacial score (nSPS) is 16.5. The van der Waals surface area contributed by atoms with Crippen molar-refractivity contribution in [1.82, 2.24) is 5.32 Å². The van der Waals surface area contributed by atoms with Crippen LogP contribution in [0.2, 0.25) is 0 Å². The van der Waals surface area contributed by atoms with Crippen LogP contribution in [0.4, 0.5) is 0 Å². The molecule has 0 bridgehead atoms. The van der Waals surface area contributed by atoms with Gasteiger partial charge in [-0.1, -0.05) is 41.5 Å².